The van der Waals surface area contributed by atoms with Crippen LogP contribution in [0, 0.1) is 0 Å². The Labute approximate surface area is 186 Å². The summed E-state index contributed by atoms with van der Waals surface area (Å²) in [5.74, 6) is -1.37. The molecule has 9 heteroatoms. The van der Waals surface area contributed by atoms with Gasteiger partial charge in [0.2, 0.25) is 17.7 Å². The number of rotatable bonds is 8. The summed E-state index contributed by atoms with van der Waals surface area (Å²) in [5.41, 5.74) is 0.444. The van der Waals surface area contributed by atoms with Crippen molar-refractivity contribution in [3.63, 3.8) is 0 Å². The van der Waals surface area contributed by atoms with Gasteiger partial charge in [-0.3, -0.25) is 34.2 Å². The van der Waals surface area contributed by atoms with Crippen LogP contribution in [0.25, 0.3) is 0 Å². The highest BCUT2D eigenvalue weighted by Crippen LogP contribution is 2.30. The summed E-state index contributed by atoms with van der Waals surface area (Å²) >= 11 is 0. The van der Waals surface area contributed by atoms with Crippen LogP contribution in [-0.4, -0.2) is 65.1 Å². The van der Waals surface area contributed by atoms with Crippen LogP contribution in [0.1, 0.15) is 72.1 Å². The summed E-state index contributed by atoms with van der Waals surface area (Å²) in [6, 6.07) is 3.74. The van der Waals surface area contributed by atoms with Gasteiger partial charge in [-0.2, -0.15) is 0 Å². The van der Waals surface area contributed by atoms with Gasteiger partial charge in [-0.05, 0) is 56.7 Å². The number of carbonyl (C=O) groups excluding carboxylic acids is 5. The first-order chi connectivity index (χ1) is 15.5. The quantitative estimate of drug-likeness (QED) is 0.485. The van der Waals surface area contributed by atoms with E-state index < -0.39 is 29.7 Å². The first-order valence-electron chi connectivity index (χ1n) is 11.2. The Kier molecular flexibility index (Phi) is 6.53. The van der Waals surface area contributed by atoms with E-state index in [1.165, 1.54) is 6.07 Å². The molecule has 1 N–H and O–H groups in total. The summed E-state index contributed by atoms with van der Waals surface area (Å²) in [7, 11) is 0. The summed E-state index contributed by atoms with van der Waals surface area (Å²) in [5, 5.41) is 2.18. The van der Waals surface area contributed by atoms with E-state index in [0.29, 0.717) is 18.8 Å². The second kappa shape index (κ2) is 9.50. The Morgan fingerprint density at radius 2 is 1.75 bits per heavy atom. The lowest BCUT2D eigenvalue weighted by Gasteiger charge is -2.27. The van der Waals surface area contributed by atoms with Crippen LogP contribution in [0.5, 0.6) is 5.75 Å². The fourth-order valence-corrected chi connectivity index (χ4v) is 4.41. The lowest BCUT2D eigenvalue weighted by Crippen LogP contribution is -2.54. The molecule has 2 fully saturated rings. The molecule has 1 aromatic carbocycles. The van der Waals surface area contributed by atoms with Crippen LogP contribution in [0.3, 0.4) is 0 Å². The van der Waals surface area contributed by atoms with Crippen molar-refractivity contribution in [1.29, 1.82) is 0 Å². The molecule has 0 bridgehead atoms. The summed E-state index contributed by atoms with van der Waals surface area (Å²) in [4.78, 5) is 63.7. The van der Waals surface area contributed by atoms with E-state index in [0.717, 1.165) is 50.1 Å². The van der Waals surface area contributed by atoms with Crippen LogP contribution in [0.4, 0.5) is 0 Å². The Hall–Kier alpha value is -3.23. The molecule has 3 aliphatic rings. The van der Waals surface area contributed by atoms with Gasteiger partial charge in [0.15, 0.2) is 0 Å². The van der Waals surface area contributed by atoms with E-state index in [1.54, 1.807) is 12.1 Å². The molecule has 0 aliphatic carbocycles. The predicted molar refractivity (Wildman–Crippen MR) is 113 cm³/mol. The van der Waals surface area contributed by atoms with Crippen molar-refractivity contribution < 1.29 is 28.7 Å². The molecular weight excluding hydrogens is 414 g/mol. The number of carbonyl (C=O) groups is 5. The van der Waals surface area contributed by atoms with Crippen LogP contribution < -0.4 is 10.1 Å². The minimum atomic E-state index is -0.976. The van der Waals surface area contributed by atoms with E-state index >= 15 is 0 Å². The molecule has 0 saturated carbocycles. The van der Waals surface area contributed by atoms with E-state index in [2.05, 4.69) is 5.32 Å². The topological polar surface area (TPSA) is 113 Å². The highest BCUT2D eigenvalue weighted by molar-refractivity contribution is 6.23. The maximum atomic E-state index is 12.8. The number of ether oxygens (including phenoxy) is 1. The van der Waals surface area contributed by atoms with Crippen molar-refractivity contribution in [2.45, 2.75) is 57.4 Å². The number of benzene rings is 1. The van der Waals surface area contributed by atoms with Crippen LogP contribution in [-0.2, 0) is 14.4 Å². The van der Waals surface area contributed by atoms with Gasteiger partial charge in [0.1, 0.15) is 11.8 Å². The van der Waals surface area contributed by atoms with Crippen molar-refractivity contribution in [2.75, 3.05) is 19.7 Å². The lowest BCUT2D eigenvalue weighted by atomic mass is 10.0. The van der Waals surface area contributed by atoms with Crippen molar-refractivity contribution in [3.8, 4) is 5.75 Å². The number of likely N-dealkylation sites (tertiary alicyclic amines) is 1. The number of amides is 5. The number of nitrogens with one attached hydrogen (secondary N) is 1. The lowest BCUT2D eigenvalue weighted by molar-refractivity contribution is -0.136. The van der Waals surface area contributed by atoms with E-state index in [1.807, 2.05) is 4.90 Å². The second-order valence-corrected chi connectivity index (χ2v) is 8.40. The van der Waals surface area contributed by atoms with Gasteiger partial charge >= 0.3 is 0 Å². The Morgan fingerprint density at radius 3 is 2.53 bits per heavy atom. The third-order valence-electron chi connectivity index (χ3n) is 6.17. The number of hydrogen-bond donors (Lipinski definition) is 1. The molecule has 0 spiro atoms. The number of nitrogens with zero attached hydrogens (tertiary/aromatic N) is 2. The highest BCUT2D eigenvalue weighted by Gasteiger charge is 2.44. The van der Waals surface area contributed by atoms with Crippen molar-refractivity contribution in [1.82, 2.24) is 15.1 Å². The Morgan fingerprint density at radius 1 is 0.938 bits per heavy atom. The molecule has 32 heavy (non-hydrogen) atoms. The minimum absolute atomic E-state index is 0.0874. The summed E-state index contributed by atoms with van der Waals surface area (Å²) in [6.45, 7) is 2.10. The average molecular weight is 441 g/mol. The SMILES string of the molecule is O=C1CCC(N2C(=O)c3ccc(OCCCCCN4CCCCC4=O)cc3C2=O)C(=O)N1. The van der Waals surface area contributed by atoms with Crippen LogP contribution >= 0.6 is 0 Å². The second-order valence-electron chi connectivity index (χ2n) is 8.40. The first kappa shape index (κ1) is 22.0. The molecule has 1 aromatic rings. The molecule has 9 nitrogen and oxygen atoms in total. The molecule has 5 amide bonds. The molecule has 2 saturated heterocycles. The van der Waals surface area contributed by atoms with Gasteiger partial charge in [-0.1, -0.05) is 0 Å². The molecule has 0 aromatic heterocycles. The van der Waals surface area contributed by atoms with Crippen molar-refractivity contribution in [2.24, 2.45) is 0 Å². The maximum Gasteiger partial charge on any atom is 0.262 e. The standard InChI is InChI=1S/C23H27N3O6/c27-19-10-9-18(21(29)24-19)26-22(30)16-8-7-15(14-17(16)23(26)31)32-13-5-1-3-11-25-12-4-2-6-20(25)28/h7-8,14,18H,1-6,9-13H2,(H,24,27,29). The van der Waals surface area contributed by atoms with Crippen LogP contribution in [0.2, 0.25) is 0 Å². The van der Waals surface area contributed by atoms with E-state index in [9.17, 15) is 24.0 Å². The first-order valence-corrected chi connectivity index (χ1v) is 11.2. The Balaban J connectivity index is 1.27. The zero-order chi connectivity index (χ0) is 22.7. The summed E-state index contributed by atoms with van der Waals surface area (Å²) in [6.07, 6.45) is 5.60. The molecular formula is C23H27N3O6. The van der Waals surface area contributed by atoms with Gasteiger partial charge in [0.05, 0.1) is 17.7 Å². The third kappa shape index (κ3) is 4.51. The number of imide groups is 2. The normalized spacial score (nSPS) is 21.1. The fraction of sp³-hybridized carbons (Fsp3) is 0.522. The largest absolute Gasteiger partial charge is 0.494 e. The predicted octanol–water partition coefficient (Wildman–Crippen LogP) is 1.65. The number of piperidine rings is 2. The average Bonchev–Trinajstić information content (AvgIpc) is 3.02. The highest BCUT2D eigenvalue weighted by atomic mass is 16.5. The van der Waals surface area contributed by atoms with Crippen molar-refractivity contribution >= 4 is 29.5 Å². The van der Waals surface area contributed by atoms with E-state index in [-0.39, 0.29) is 29.9 Å². The van der Waals surface area contributed by atoms with E-state index in [4.69, 9.17) is 4.74 Å². The van der Waals surface area contributed by atoms with Crippen LogP contribution in [0.15, 0.2) is 18.2 Å². The molecule has 1 unspecified atom stereocenters. The zero-order valence-electron chi connectivity index (χ0n) is 17.9. The monoisotopic (exact) mass is 441 g/mol. The molecule has 4 rings (SSSR count). The zero-order valence-corrected chi connectivity index (χ0v) is 17.9. The molecule has 1 atom stereocenters. The summed E-state index contributed by atoms with van der Waals surface area (Å²) < 4.78 is 5.76. The maximum absolute atomic E-state index is 12.8. The number of fused-ring (bicyclic) bond motifs is 1. The van der Waals surface area contributed by atoms with Gasteiger partial charge < -0.3 is 9.64 Å². The molecule has 3 heterocycles. The van der Waals surface area contributed by atoms with Gasteiger partial charge in [-0.25, -0.2) is 0 Å². The molecule has 0 radical (unpaired) electrons. The smallest absolute Gasteiger partial charge is 0.262 e. The van der Waals surface area contributed by atoms with Gasteiger partial charge in [0, 0.05) is 25.9 Å². The van der Waals surface area contributed by atoms with Crippen molar-refractivity contribution in [3.05, 3.63) is 29.3 Å². The third-order valence-corrected chi connectivity index (χ3v) is 6.17. The van der Waals surface area contributed by atoms with Gasteiger partial charge in [-0.15, -0.1) is 0 Å². The Bertz CT molecular complexity index is 959. The fourth-order valence-electron chi connectivity index (χ4n) is 4.41. The number of unbranched alkanes of at least 4 members (excludes halogenated alkanes) is 2. The molecule has 170 valence electrons. The minimum Gasteiger partial charge on any atom is -0.494 e. The van der Waals surface area contributed by atoms with Gasteiger partial charge in [0.25, 0.3) is 11.8 Å². The number of hydrogen-bond acceptors (Lipinski definition) is 6. The molecule has 3 aliphatic heterocycles.